The summed E-state index contributed by atoms with van der Waals surface area (Å²) < 4.78 is 0. The van der Waals surface area contributed by atoms with Gasteiger partial charge in [-0.3, -0.25) is 9.59 Å². The topological polar surface area (TPSA) is 60.9 Å². The molecule has 0 aromatic heterocycles. The highest BCUT2D eigenvalue weighted by atomic mass is 35.5. The van der Waals surface area contributed by atoms with Gasteiger partial charge in [-0.05, 0) is 18.2 Å². The van der Waals surface area contributed by atoms with E-state index in [0.717, 1.165) is 5.69 Å². The first-order chi connectivity index (χ1) is 8.41. The van der Waals surface area contributed by atoms with E-state index >= 15 is 0 Å². The van der Waals surface area contributed by atoms with Crippen molar-refractivity contribution in [1.82, 2.24) is 0 Å². The number of aliphatic carboxylic acids is 1. The van der Waals surface area contributed by atoms with Crippen molar-refractivity contribution in [1.29, 1.82) is 0 Å². The third-order valence-electron chi connectivity index (χ3n) is 3.13. The zero-order chi connectivity index (χ0) is 13.4. The Morgan fingerprint density at radius 2 is 2.06 bits per heavy atom. The van der Waals surface area contributed by atoms with Crippen LogP contribution in [0.3, 0.4) is 0 Å². The van der Waals surface area contributed by atoms with Gasteiger partial charge in [0.15, 0.2) is 0 Å². The van der Waals surface area contributed by atoms with Crippen molar-refractivity contribution in [2.75, 3.05) is 23.9 Å². The highest BCUT2D eigenvalue weighted by molar-refractivity contribution is 6.31. The number of carboxylic acid groups (broad SMARTS) is 1. The van der Waals surface area contributed by atoms with Gasteiger partial charge < -0.3 is 14.9 Å². The van der Waals surface area contributed by atoms with Gasteiger partial charge in [0.25, 0.3) is 0 Å². The number of hydrogen-bond donors (Lipinski definition) is 1. The SMILES string of the molecule is CN1C(=O)C(CC(=O)O)N(C)c2ccc(Cl)cc21. The number of carbonyl (C=O) groups is 2. The highest BCUT2D eigenvalue weighted by Crippen LogP contribution is 2.36. The van der Waals surface area contributed by atoms with Crippen LogP contribution in [-0.4, -0.2) is 37.1 Å². The molecule has 1 N–H and O–H groups in total. The lowest BCUT2D eigenvalue weighted by atomic mass is 10.0. The number of anilines is 2. The van der Waals surface area contributed by atoms with Crippen LogP contribution < -0.4 is 9.80 Å². The molecule has 1 aromatic rings. The maximum absolute atomic E-state index is 12.1. The Hall–Kier alpha value is -1.75. The van der Waals surface area contributed by atoms with Crippen LogP contribution in [0.15, 0.2) is 18.2 Å². The van der Waals surface area contributed by atoms with E-state index in [2.05, 4.69) is 0 Å². The Kier molecular flexibility index (Phi) is 3.17. The van der Waals surface area contributed by atoms with E-state index in [1.165, 1.54) is 4.90 Å². The molecule has 0 bridgehead atoms. The monoisotopic (exact) mass is 268 g/mol. The minimum absolute atomic E-state index is 0.220. The summed E-state index contributed by atoms with van der Waals surface area (Å²) in [5, 5.41) is 9.40. The number of amides is 1. The van der Waals surface area contributed by atoms with Crippen molar-refractivity contribution in [3.63, 3.8) is 0 Å². The summed E-state index contributed by atoms with van der Waals surface area (Å²) in [6.07, 6.45) is -0.220. The van der Waals surface area contributed by atoms with Gasteiger partial charge in [0, 0.05) is 19.1 Å². The van der Waals surface area contributed by atoms with Gasteiger partial charge in [-0.15, -0.1) is 0 Å². The molecule has 0 radical (unpaired) electrons. The first-order valence-electron chi connectivity index (χ1n) is 5.43. The fourth-order valence-corrected chi connectivity index (χ4v) is 2.30. The van der Waals surface area contributed by atoms with E-state index in [1.807, 2.05) is 0 Å². The van der Waals surface area contributed by atoms with Crippen LogP contribution in [0.1, 0.15) is 6.42 Å². The number of fused-ring (bicyclic) bond motifs is 1. The van der Waals surface area contributed by atoms with Gasteiger partial charge in [0.2, 0.25) is 5.91 Å². The Morgan fingerprint density at radius 1 is 1.39 bits per heavy atom. The molecule has 2 rings (SSSR count). The summed E-state index contributed by atoms with van der Waals surface area (Å²) in [7, 11) is 3.34. The number of rotatable bonds is 2. The number of nitrogens with zero attached hydrogens (tertiary/aromatic N) is 2. The Labute approximate surface area is 110 Å². The number of benzene rings is 1. The molecule has 18 heavy (non-hydrogen) atoms. The quantitative estimate of drug-likeness (QED) is 0.885. The molecule has 0 spiro atoms. The highest BCUT2D eigenvalue weighted by Gasteiger charge is 2.35. The van der Waals surface area contributed by atoms with Gasteiger partial charge in [0.1, 0.15) is 6.04 Å². The first kappa shape index (κ1) is 12.7. The smallest absolute Gasteiger partial charge is 0.305 e. The molecule has 0 fully saturated rings. The molecule has 0 aliphatic carbocycles. The molecule has 96 valence electrons. The van der Waals surface area contributed by atoms with Crippen LogP contribution in [0.4, 0.5) is 11.4 Å². The Morgan fingerprint density at radius 3 is 2.67 bits per heavy atom. The van der Waals surface area contributed by atoms with Crippen molar-refractivity contribution in [3.8, 4) is 0 Å². The molecule has 1 heterocycles. The molecule has 1 amide bonds. The number of hydrogen-bond acceptors (Lipinski definition) is 3. The molecule has 1 aliphatic rings. The molecular formula is C12H13ClN2O3. The average molecular weight is 269 g/mol. The summed E-state index contributed by atoms with van der Waals surface area (Å²) in [5.41, 5.74) is 1.49. The molecule has 0 saturated heterocycles. The van der Waals surface area contributed by atoms with E-state index in [9.17, 15) is 9.59 Å². The summed E-state index contributed by atoms with van der Waals surface area (Å²) >= 11 is 5.91. The second-order valence-corrected chi connectivity index (χ2v) is 4.69. The molecule has 1 aliphatic heterocycles. The van der Waals surface area contributed by atoms with Crippen LogP contribution >= 0.6 is 11.6 Å². The number of carbonyl (C=O) groups excluding carboxylic acids is 1. The minimum atomic E-state index is -0.994. The van der Waals surface area contributed by atoms with Gasteiger partial charge in [0.05, 0.1) is 17.8 Å². The third kappa shape index (κ3) is 2.01. The van der Waals surface area contributed by atoms with Crippen molar-refractivity contribution < 1.29 is 14.7 Å². The van der Waals surface area contributed by atoms with Gasteiger partial charge >= 0.3 is 5.97 Å². The van der Waals surface area contributed by atoms with E-state index in [1.54, 1.807) is 37.2 Å². The van der Waals surface area contributed by atoms with Crippen LogP contribution in [0, 0.1) is 0 Å². The fourth-order valence-electron chi connectivity index (χ4n) is 2.13. The Balaban J connectivity index is 2.46. The zero-order valence-corrected chi connectivity index (χ0v) is 10.8. The molecular weight excluding hydrogens is 256 g/mol. The second-order valence-electron chi connectivity index (χ2n) is 4.25. The van der Waals surface area contributed by atoms with E-state index in [4.69, 9.17) is 16.7 Å². The van der Waals surface area contributed by atoms with E-state index < -0.39 is 12.0 Å². The van der Waals surface area contributed by atoms with Gasteiger partial charge in [-0.2, -0.15) is 0 Å². The summed E-state index contributed by atoms with van der Waals surface area (Å²) in [6, 6.07) is 4.52. The Bertz CT molecular complexity index is 518. The maximum Gasteiger partial charge on any atom is 0.305 e. The maximum atomic E-state index is 12.1. The predicted octanol–water partition coefficient (Wildman–Crippen LogP) is 1.60. The van der Waals surface area contributed by atoms with Crippen LogP contribution in [0.25, 0.3) is 0 Å². The summed E-state index contributed by atoms with van der Waals surface area (Å²) in [6.45, 7) is 0. The molecule has 1 aromatic carbocycles. The van der Waals surface area contributed by atoms with E-state index in [0.29, 0.717) is 10.7 Å². The van der Waals surface area contributed by atoms with Crippen molar-refractivity contribution in [2.45, 2.75) is 12.5 Å². The van der Waals surface area contributed by atoms with E-state index in [-0.39, 0.29) is 12.3 Å². The van der Waals surface area contributed by atoms with Crippen molar-refractivity contribution in [2.24, 2.45) is 0 Å². The normalized spacial score (nSPS) is 18.8. The van der Waals surface area contributed by atoms with Crippen molar-refractivity contribution in [3.05, 3.63) is 23.2 Å². The number of carboxylic acids is 1. The minimum Gasteiger partial charge on any atom is -0.481 e. The molecule has 5 nitrogen and oxygen atoms in total. The third-order valence-corrected chi connectivity index (χ3v) is 3.37. The molecule has 6 heteroatoms. The summed E-state index contributed by atoms with van der Waals surface area (Å²) in [5.74, 6) is -1.24. The zero-order valence-electron chi connectivity index (χ0n) is 10.1. The standard InChI is InChI=1S/C12H13ClN2O3/c1-14-8-4-3-7(13)5-9(8)15(2)12(18)10(14)6-11(16)17/h3-5,10H,6H2,1-2H3,(H,16,17). The number of halogens is 1. The average Bonchev–Trinajstić information content (AvgIpc) is 2.31. The van der Waals surface area contributed by atoms with Gasteiger partial charge in [-0.1, -0.05) is 11.6 Å². The lowest BCUT2D eigenvalue weighted by Gasteiger charge is -2.39. The molecule has 1 unspecified atom stereocenters. The molecule has 0 saturated carbocycles. The largest absolute Gasteiger partial charge is 0.481 e. The first-order valence-corrected chi connectivity index (χ1v) is 5.81. The van der Waals surface area contributed by atoms with Crippen molar-refractivity contribution >= 4 is 34.9 Å². The summed E-state index contributed by atoms with van der Waals surface area (Å²) in [4.78, 5) is 26.1. The molecule has 1 atom stereocenters. The second kappa shape index (κ2) is 4.49. The van der Waals surface area contributed by atoms with Crippen LogP contribution in [-0.2, 0) is 9.59 Å². The fraction of sp³-hybridized carbons (Fsp3) is 0.333. The van der Waals surface area contributed by atoms with Crippen LogP contribution in [0.5, 0.6) is 0 Å². The number of likely N-dealkylation sites (N-methyl/N-ethyl adjacent to an activating group) is 2. The van der Waals surface area contributed by atoms with Gasteiger partial charge in [-0.25, -0.2) is 0 Å². The lowest BCUT2D eigenvalue weighted by Crippen LogP contribution is -2.51. The predicted molar refractivity (Wildman–Crippen MR) is 69.3 cm³/mol. The lowest BCUT2D eigenvalue weighted by molar-refractivity contribution is -0.139. The van der Waals surface area contributed by atoms with Crippen LogP contribution in [0.2, 0.25) is 5.02 Å².